The molecule has 1 aliphatic carbocycles. The van der Waals surface area contributed by atoms with Gasteiger partial charge in [-0.15, -0.1) is 0 Å². The maximum Gasteiger partial charge on any atom is 0.259 e. The summed E-state index contributed by atoms with van der Waals surface area (Å²) in [6, 6.07) is 1.73. The molecule has 1 saturated carbocycles. The number of aromatic nitrogens is 2. The van der Waals surface area contributed by atoms with Gasteiger partial charge in [0, 0.05) is 30.9 Å². The lowest BCUT2D eigenvalue weighted by atomic mass is 9.98. The molecule has 3 rings (SSSR count). The smallest absolute Gasteiger partial charge is 0.259 e. The van der Waals surface area contributed by atoms with Crippen molar-refractivity contribution in [1.29, 1.82) is 0 Å². The van der Waals surface area contributed by atoms with E-state index in [2.05, 4.69) is 9.97 Å². The van der Waals surface area contributed by atoms with Crippen molar-refractivity contribution in [3.8, 4) is 0 Å². The summed E-state index contributed by atoms with van der Waals surface area (Å²) < 4.78 is 27.0. The molecule has 0 N–H and O–H groups in total. The van der Waals surface area contributed by atoms with E-state index in [1.165, 1.54) is 0 Å². The van der Waals surface area contributed by atoms with Crippen molar-refractivity contribution < 1.29 is 8.78 Å². The van der Waals surface area contributed by atoms with E-state index in [4.69, 9.17) is 0 Å². The first kappa shape index (κ1) is 9.93. The van der Waals surface area contributed by atoms with Gasteiger partial charge < -0.3 is 4.90 Å². The molecule has 0 radical (unpaired) electrons. The molecule has 0 bridgehead atoms. The fourth-order valence-electron chi connectivity index (χ4n) is 2.65. The summed E-state index contributed by atoms with van der Waals surface area (Å²) in [6.07, 6.45) is 3.80. The third kappa shape index (κ3) is 1.11. The third-order valence-electron chi connectivity index (χ3n) is 4.02. The Morgan fingerprint density at radius 1 is 1.38 bits per heavy atom. The van der Waals surface area contributed by atoms with E-state index in [9.17, 15) is 8.78 Å². The molecular weight excluding hydrogens is 212 g/mol. The van der Waals surface area contributed by atoms with E-state index in [-0.39, 0.29) is 0 Å². The molecule has 2 aliphatic rings. The first-order valence-electron chi connectivity index (χ1n) is 5.45. The summed E-state index contributed by atoms with van der Waals surface area (Å²) in [5.74, 6) is -2.47. The number of hydrogen-bond acceptors (Lipinski definition) is 3. The van der Waals surface area contributed by atoms with Gasteiger partial charge in [-0.1, -0.05) is 6.92 Å². The average molecular weight is 225 g/mol. The molecule has 2 heterocycles. The van der Waals surface area contributed by atoms with Crippen molar-refractivity contribution in [1.82, 2.24) is 9.97 Å². The zero-order valence-corrected chi connectivity index (χ0v) is 9.03. The quantitative estimate of drug-likeness (QED) is 0.731. The topological polar surface area (TPSA) is 29.0 Å². The molecule has 5 heteroatoms. The van der Waals surface area contributed by atoms with Crippen molar-refractivity contribution in [2.45, 2.75) is 19.3 Å². The first-order chi connectivity index (χ1) is 7.56. The van der Waals surface area contributed by atoms with Gasteiger partial charge >= 0.3 is 0 Å². The second-order valence-corrected chi connectivity index (χ2v) is 4.84. The lowest BCUT2D eigenvalue weighted by molar-refractivity contribution is 0.0636. The Labute approximate surface area is 92.5 Å². The number of hydrogen-bond donors (Lipinski definition) is 0. The Bertz CT molecular complexity index is 409. The van der Waals surface area contributed by atoms with Gasteiger partial charge in [0.2, 0.25) is 5.95 Å². The highest BCUT2D eigenvalue weighted by Crippen LogP contribution is 2.69. The monoisotopic (exact) mass is 225 g/mol. The van der Waals surface area contributed by atoms with Crippen LogP contribution in [0.1, 0.15) is 13.3 Å². The molecule has 0 spiro atoms. The van der Waals surface area contributed by atoms with Crippen LogP contribution in [-0.4, -0.2) is 29.0 Å². The number of halogens is 2. The number of piperidine rings is 1. The van der Waals surface area contributed by atoms with Gasteiger partial charge in [-0.3, -0.25) is 0 Å². The van der Waals surface area contributed by atoms with Crippen molar-refractivity contribution in [2.24, 2.45) is 11.3 Å². The number of fused-ring (bicyclic) bond motifs is 1. The van der Waals surface area contributed by atoms with Crippen LogP contribution in [0.2, 0.25) is 0 Å². The zero-order valence-electron chi connectivity index (χ0n) is 9.03. The SMILES string of the molecule is C[C@@]12CCN(c3ncccn3)C[C@H]1C2(F)F. The van der Waals surface area contributed by atoms with Crippen LogP contribution in [0, 0.1) is 11.3 Å². The Morgan fingerprint density at radius 2 is 2.06 bits per heavy atom. The standard InChI is InChI=1S/C11H13F2N3/c1-10-3-6-16(7-8(10)11(10,12)13)9-14-4-2-5-15-9/h2,4-5,8H,3,6-7H2,1H3/t8-,10-/m1/s1. The summed E-state index contributed by atoms with van der Waals surface area (Å²) in [6.45, 7) is 2.67. The van der Waals surface area contributed by atoms with Crippen LogP contribution in [0.4, 0.5) is 14.7 Å². The molecule has 86 valence electrons. The molecular formula is C11H13F2N3. The van der Waals surface area contributed by atoms with Gasteiger partial charge in [-0.2, -0.15) is 0 Å². The zero-order chi connectivity index (χ0) is 11.4. The maximum atomic E-state index is 13.5. The Kier molecular flexibility index (Phi) is 1.80. The van der Waals surface area contributed by atoms with Crippen molar-refractivity contribution in [3.05, 3.63) is 18.5 Å². The Balaban J connectivity index is 1.80. The lowest BCUT2D eigenvalue weighted by Crippen LogP contribution is -2.35. The highest BCUT2D eigenvalue weighted by Gasteiger charge is 2.78. The molecule has 1 aromatic heterocycles. The normalized spacial score (nSPS) is 35.7. The molecule has 2 atom stereocenters. The Morgan fingerprint density at radius 3 is 2.69 bits per heavy atom. The number of rotatable bonds is 1. The van der Waals surface area contributed by atoms with E-state index in [1.807, 2.05) is 4.90 Å². The number of anilines is 1. The minimum atomic E-state index is -2.50. The number of alkyl halides is 2. The van der Waals surface area contributed by atoms with Crippen LogP contribution in [0.25, 0.3) is 0 Å². The first-order valence-corrected chi connectivity index (χ1v) is 5.45. The van der Waals surface area contributed by atoms with Crippen LogP contribution in [0.5, 0.6) is 0 Å². The van der Waals surface area contributed by atoms with Crippen LogP contribution in [0.15, 0.2) is 18.5 Å². The van der Waals surface area contributed by atoms with Gasteiger partial charge in [-0.05, 0) is 12.5 Å². The summed E-state index contributed by atoms with van der Waals surface area (Å²) in [7, 11) is 0. The van der Waals surface area contributed by atoms with E-state index in [1.54, 1.807) is 25.4 Å². The molecule has 2 fully saturated rings. The van der Waals surface area contributed by atoms with E-state index < -0.39 is 17.3 Å². The molecule has 1 saturated heterocycles. The lowest BCUT2D eigenvalue weighted by Gasteiger charge is -2.28. The minimum absolute atomic E-state index is 0.369. The summed E-state index contributed by atoms with van der Waals surface area (Å²) >= 11 is 0. The Hall–Kier alpha value is -1.26. The van der Waals surface area contributed by atoms with Crippen molar-refractivity contribution >= 4 is 5.95 Å². The minimum Gasteiger partial charge on any atom is -0.340 e. The van der Waals surface area contributed by atoms with E-state index in [0.29, 0.717) is 25.5 Å². The maximum absolute atomic E-state index is 13.5. The average Bonchev–Trinajstić information content (AvgIpc) is 2.74. The summed E-state index contributed by atoms with van der Waals surface area (Å²) in [5.41, 5.74) is -0.779. The highest BCUT2D eigenvalue weighted by molar-refractivity contribution is 5.35. The molecule has 0 amide bonds. The molecule has 3 nitrogen and oxygen atoms in total. The second kappa shape index (κ2) is 2.90. The van der Waals surface area contributed by atoms with Crippen molar-refractivity contribution in [2.75, 3.05) is 18.0 Å². The largest absolute Gasteiger partial charge is 0.340 e. The fourth-order valence-corrected chi connectivity index (χ4v) is 2.65. The molecule has 0 unspecified atom stereocenters. The van der Waals surface area contributed by atoms with Crippen molar-refractivity contribution in [3.63, 3.8) is 0 Å². The fraction of sp³-hybridized carbons (Fsp3) is 0.636. The third-order valence-corrected chi connectivity index (χ3v) is 4.02. The summed E-state index contributed by atoms with van der Waals surface area (Å²) in [4.78, 5) is 10.0. The van der Waals surface area contributed by atoms with Gasteiger partial charge in [-0.25, -0.2) is 18.7 Å². The van der Waals surface area contributed by atoms with Gasteiger partial charge in [0.15, 0.2) is 0 Å². The van der Waals surface area contributed by atoms with Crippen LogP contribution in [0.3, 0.4) is 0 Å². The van der Waals surface area contributed by atoms with E-state index in [0.717, 1.165) is 0 Å². The van der Waals surface area contributed by atoms with Gasteiger partial charge in [0.25, 0.3) is 5.92 Å². The predicted octanol–water partition coefficient (Wildman–Crippen LogP) is 1.96. The van der Waals surface area contributed by atoms with E-state index >= 15 is 0 Å². The molecule has 0 aromatic carbocycles. The van der Waals surface area contributed by atoms with Crippen LogP contribution < -0.4 is 4.90 Å². The molecule has 1 aliphatic heterocycles. The van der Waals surface area contributed by atoms with Gasteiger partial charge in [0.05, 0.1) is 5.92 Å². The van der Waals surface area contributed by atoms with Crippen LogP contribution in [-0.2, 0) is 0 Å². The summed E-state index contributed by atoms with van der Waals surface area (Å²) in [5, 5.41) is 0. The molecule has 1 aromatic rings. The van der Waals surface area contributed by atoms with Gasteiger partial charge in [0.1, 0.15) is 0 Å². The second-order valence-electron chi connectivity index (χ2n) is 4.84. The highest BCUT2D eigenvalue weighted by atomic mass is 19.3. The van der Waals surface area contributed by atoms with Crippen LogP contribution >= 0.6 is 0 Å². The number of nitrogens with zero attached hydrogens (tertiary/aromatic N) is 3. The molecule has 16 heavy (non-hydrogen) atoms. The predicted molar refractivity (Wildman–Crippen MR) is 55.4 cm³/mol.